The van der Waals surface area contributed by atoms with E-state index in [0.29, 0.717) is 22.6 Å². The Bertz CT molecular complexity index is 1040. The van der Waals surface area contributed by atoms with Crippen molar-refractivity contribution in [3.8, 4) is 11.5 Å². The molecule has 0 spiro atoms. The first-order valence-corrected chi connectivity index (χ1v) is 10.2. The van der Waals surface area contributed by atoms with Crippen molar-refractivity contribution < 1.29 is 23.9 Å². The highest BCUT2D eigenvalue weighted by molar-refractivity contribution is 6.11. The summed E-state index contributed by atoms with van der Waals surface area (Å²) < 4.78 is 12.6. The van der Waals surface area contributed by atoms with Gasteiger partial charge in [-0.3, -0.25) is 14.5 Å². The van der Waals surface area contributed by atoms with E-state index in [4.69, 9.17) is 9.47 Å². The number of nitrogens with one attached hydrogen (secondary N) is 1. The van der Waals surface area contributed by atoms with Crippen LogP contribution < -0.4 is 14.8 Å². The first kappa shape index (κ1) is 22.4. The molecule has 1 unspecified atom stereocenters. The van der Waals surface area contributed by atoms with Crippen molar-refractivity contribution in [3.63, 3.8) is 0 Å². The van der Waals surface area contributed by atoms with E-state index in [1.807, 2.05) is 19.9 Å². The maximum Gasteiger partial charge on any atom is 0.325 e. The maximum atomic E-state index is 13.2. The molecule has 1 N–H and O–H groups in total. The number of rotatable bonds is 8. The molecule has 1 saturated heterocycles. The van der Waals surface area contributed by atoms with E-state index in [-0.39, 0.29) is 12.3 Å². The lowest BCUT2D eigenvalue weighted by Gasteiger charge is -2.23. The Morgan fingerprint density at radius 1 is 1.10 bits per heavy atom. The van der Waals surface area contributed by atoms with Gasteiger partial charge in [-0.1, -0.05) is 13.0 Å². The van der Waals surface area contributed by atoms with Crippen LogP contribution in [0.2, 0.25) is 0 Å². The summed E-state index contributed by atoms with van der Waals surface area (Å²) in [7, 11) is 3.02. The number of imide groups is 1. The molecule has 0 saturated carbocycles. The van der Waals surface area contributed by atoms with Crippen LogP contribution >= 0.6 is 0 Å². The normalized spacial score (nSPS) is 18.3. The van der Waals surface area contributed by atoms with Crippen LogP contribution in [-0.4, -0.2) is 48.0 Å². The number of methoxy groups -OCH3 is 2. The Morgan fingerprint density at radius 2 is 1.77 bits per heavy atom. The first-order valence-electron chi connectivity index (χ1n) is 10.2. The Hall–Kier alpha value is -3.29. The summed E-state index contributed by atoms with van der Waals surface area (Å²) in [5, 5.41) is 2.73. The minimum atomic E-state index is -1.31. The monoisotopic (exact) mass is 427 g/mol. The second kappa shape index (κ2) is 8.45. The molecular weight excluding hydrogens is 398 g/mol. The summed E-state index contributed by atoms with van der Waals surface area (Å²) in [6.45, 7) is 8.01. The average molecular weight is 428 g/mol. The van der Waals surface area contributed by atoms with Crippen LogP contribution in [0.1, 0.15) is 47.6 Å². The van der Waals surface area contributed by atoms with Gasteiger partial charge in [-0.25, -0.2) is 4.79 Å². The third kappa shape index (κ3) is 3.78. The number of nitrogens with zero attached hydrogens (tertiary/aromatic N) is 2. The molecule has 166 valence electrons. The van der Waals surface area contributed by atoms with Gasteiger partial charge in [0, 0.05) is 23.5 Å². The number of amides is 3. The fourth-order valence-electron chi connectivity index (χ4n) is 4.06. The van der Waals surface area contributed by atoms with E-state index in [9.17, 15) is 14.4 Å². The van der Waals surface area contributed by atoms with E-state index < -0.39 is 17.5 Å². The lowest BCUT2D eigenvalue weighted by molar-refractivity contribution is -0.130. The van der Waals surface area contributed by atoms with Gasteiger partial charge in [0.25, 0.3) is 5.91 Å². The highest BCUT2D eigenvalue weighted by Gasteiger charge is 2.49. The van der Waals surface area contributed by atoms with E-state index in [2.05, 4.69) is 16.8 Å². The molecule has 1 aromatic carbocycles. The molecule has 2 aromatic rings. The standard InChI is InChI=1S/C23H29N3O5/c1-7-10-25-14(2)11-17(15(25)3)18(27)13-26-21(28)23(4,24-22(26)29)16-8-9-19(30-5)20(12-16)31-6/h8-9,11-12H,7,10,13H2,1-6H3,(H,24,29). The van der Waals surface area contributed by atoms with Crippen LogP contribution in [0.3, 0.4) is 0 Å². The van der Waals surface area contributed by atoms with Gasteiger partial charge in [0.1, 0.15) is 5.54 Å². The number of carbonyl (C=O) groups is 3. The van der Waals surface area contributed by atoms with Crippen LogP contribution in [-0.2, 0) is 16.9 Å². The molecule has 0 radical (unpaired) electrons. The van der Waals surface area contributed by atoms with Crippen LogP contribution in [0.5, 0.6) is 11.5 Å². The summed E-state index contributed by atoms with van der Waals surface area (Å²) in [5.41, 5.74) is 1.59. The van der Waals surface area contributed by atoms with E-state index in [0.717, 1.165) is 29.3 Å². The smallest absolute Gasteiger partial charge is 0.325 e. The molecule has 31 heavy (non-hydrogen) atoms. The summed E-state index contributed by atoms with van der Waals surface area (Å²) in [5.74, 6) is 0.207. The number of carbonyl (C=O) groups excluding carboxylic acids is 3. The minimum Gasteiger partial charge on any atom is -0.493 e. The van der Waals surface area contributed by atoms with Crippen molar-refractivity contribution in [2.75, 3.05) is 20.8 Å². The van der Waals surface area contributed by atoms with Gasteiger partial charge < -0.3 is 19.4 Å². The SMILES string of the molecule is CCCn1c(C)cc(C(=O)CN2C(=O)NC(C)(c3ccc(OC)c(OC)c3)C2=O)c1C. The zero-order valence-corrected chi connectivity index (χ0v) is 18.9. The molecule has 0 bridgehead atoms. The van der Waals surface area contributed by atoms with Gasteiger partial charge in [-0.2, -0.15) is 0 Å². The summed E-state index contributed by atoms with van der Waals surface area (Å²) in [6, 6.07) is 6.25. The number of ether oxygens (including phenoxy) is 2. The number of benzene rings is 1. The second-order valence-electron chi connectivity index (χ2n) is 7.88. The topological polar surface area (TPSA) is 89.9 Å². The molecule has 1 aromatic heterocycles. The van der Waals surface area contributed by atoms with E-state index >= 15 is 0 Å². The van der Waals surface area contributed by atoms with E-state index in [1.165, 1.54) is 14.2 Å². The lowest BCUT2D eigenvalue weighted by atomic mass is 9.91. The minimum absolute atomic E-state index is 0.268. The summed E-state index contributed by atoms with van der Waals surface area (Å²) in [4.78, 5) is 39.9. The predicted molar refractivity (Wildman–Crippen MR) is 116 cm³/mol. The maximum absolute atomic E-state index is 13.2. The second-order valence-corrected chi connectivity index (χ2v) is 7.88. The van der Waals surface area contributed by atoms with Crippen LogP contribution in [0.15, 0.2) is 24.3 Å². The third-order valence-electron chi connectivity index (χ3n) is 5.86. The molecule has 3 rings (SSSR count). The highest BCUT2D eigenvalue weighted by atomic mass is 16.5. The molecule has 8 nitrogen and oxygen atoms in total. The Labute approximate surface area is 182 Å². The number of ketones is 1. The van der Waals surface area contributed by atoms with Crippen molar-refractivity contribution in [1.82, 2.24) is 14.8 Å². The molecule has 1 atom stereocenters. The number of aromatic nitrogens is 1. The summed E-state index contributed by atoms with van der Waals surface area (Å²) >= 11 is 0. The van der Waals surface area contributed by atoms with Crippen molar-refractivity contribution >= 4 is 17.7 Å². The molecule has 1 aliphatic rings. The van der Waals surface area contributed by atoms with Gasteiger partial charge in [-0.15, -0.1) is 0 Å². The number of aryl methyl sites for hydroxylation is 1. The van der Waals surface area contributed by atoms with Gasteiger partial charge >= 0.3 is 6.03 Å². The molecule has 0 aliphatic carbocycles. The van der Waals surface area contributed by atoms with E-state index in [1.54, 1.807) is 25.1 Å². The molecule has 2 heterocycles. The number of urea groups is 1. The fourth-order valence-corrected chi connectivity index (χ4v) is 4.06. The van der Waals surface area contributed by atoms with Gasteiger partial charge in [0.2, 0.25) is 0 Å². The largest absolute Gasteiger partial charge is 0.493 e. The third-order valence-corrected chi connectivity index (χ3v) is 5.86. The fraction of sp³-hybridized carbons (Fsp3) is 0.435. The van der Waals surface area contributed by atoms with Gasteiger partial charge in [0.15, 0.2) is 17.3 Å². The van der Waals surface area contributed by atoms with Crippen LogP contribution in [0.4, 0.5) is 4.79 Å². The molecule has 3 amide bonds. The number of hydrogen-bond acceptors (Lipinski definition) is 5. The highest BCUT2D eigenvalue weighted by Crippen LogP contribution is 2.35. The lowest BCUT2D eigenvalue weighted by Crippen LogP contribution is -2.41. The number of Topliss-reactive ketones (excluding diaryl/α,β-unsaturated/α-hetero) is 1. The van der Waals surface area contributed by atoms with Gasteiger partial charge in [0.05, 0.1) is 20.8 Å². The Balaban J connectivity index is 1.87. The zero-order valence-electron chi connectivity index (χ0n) is 18.9. The van der Waals surface area contributed by atoms with Crippen molar-refractivity contribution in [2.24, 2.45) is 0 Å². The molecule has 1 fully saturated rings. The first-order chi connectivity index (χ1) is 14.7. The van der Waals surface area contributed by atoms with Gasteiger partial charge in [-0.05, 0) is 51.0 Å². The Morgan fingerprint density at radius 3 is 2.39 bits per heavy atom. The predicted octanol–water partition coefficient (Wildman–Crippen LogP) is 3.18. The van der Waals surface area contributed by atoms with Crippen LogP contribution in [0, 0.1) is 13.8 Å². The average Bonchev–Trinajstić information content (AvgIpc) is 3.16. The zero-order chi connectivity index (χ0) is 22.9. The quantitative estimate of drug-likeness (QED) is 0.516. The summed E-state index contributed by atoms with van der Waals surface area (Å²) in [6.07, 6.45) is 0.945. The molecule has 8 heteroatoms. The molecule has 1 aliphatic heterocycles. The molecular formula is C23H29N3O5. The van der Waals surface area contributed by atoms with Crippen molar-refractivity contribution in [3.05, 3.63) is 46.8 Å². The Kier molecular flexibility index (Phi) is 6.10. The van der Waals surface area contributed by atoms with Crippen LogP contribution in [0.25, 0.3) is 0 Å². The van der Waals surface area contributed by atoms with Crippen molar-refractivity contribution in [2.45, 2.75) is 46.2 Å². The van der Waals surface area contributed by atoms with Crippen molar-refractivity contribution in [1.29, 1.82) is 0 Å². The number of hydrogen-bond donors (Lipinski definition) is 1.